The van der Waals surface area contributed by atoms with Crippen LogP contribution >= 0.6 is 0 Å². The fourth-order valence-corrected chi connectivity index (χ4v) is 3.35. The van der Waals surface area contributed by atoms with E-state index >= 15 is 0 Å². The maximum absolute atomic E-state index is 12.4. The topological polar surface area (TPSA) is 143 Å². The van der Waals surface area contributed by atoms with Crippen LogP contribution in [0, 0.1) is 0 Å². The van der Waals surface area contributed by atoms with Crippen molar-refractivity contribution < 1.29 is 14.4 Å². The van der Waals surface area contributed by atoms with Crippen LogP contribution in [-0.2, 0) is 11.2 Å². The smallest absolute Gasteiger partial charge is 0.274 e. The van der Waals surface area contributed by atoms with Crippen LogP contribution < -0.4 is 16.4 Å². The van der Waals surface area contributed by atoms with Gasteiger partial charge >= 0.3 is 0 Å². The fraction of sp³-hybridized carbons (Fsp3) is 0.0870. The van der Waals surface area contributed by atoms with Crippen molar-refractivity contribution in [1.29, 1.82) is 0 Å². The van der Waals surface area contributed by atoms with Crippen molar-refractivity contribution in [3.8, 4) is 0 Å². The predicted molar refractivity (Wildman–Crippen MR) is 120 cm³/mol. The summed E-state index contributed by atoms with van der Waals surface area (Å²) in [5.41, 5.74) is 8.97. The molecule has 0 unspecified atom stereocenters. The number of hydrogen-bond donors (Lipinski definition) is 4. The number of carbonyl (C=O) groups excluding carboxylic acids is 3. The van der Waals surface area contributed by atoms with Gasteiger partial charge in [0, 0.05) is 41.5 Å². The summed E-state index contributed by atoms with van der Waals surface area (Å²) in [7, 11) is 0. The van der Waals surface area contributed by atoms with Gasteiger partial charge in [-0.2, -0.15) is 0 Å². The molecule has 9 heteroatoms. The lowest BCUT2D eigenvalue weighted by Gasteiger charge is -2.05. The number of H-pyrrole nitrogens is 1. The molecule has 1 aliphatic heterocycles. The molecule has 0 spiro atoms. The van der Waals surface area contributed by atoms with Crippen LogP contribution in [0.2, 0.25) is 0 Å². The Balaban J connectivity index is 0.000000300. The molecule has 1 aromatic carbocycles. The number of benzene rings is 1. The van der Waals surface area contributed by atoms with Crippen molar-refractivity contribution in [2.75, 3.05) is 11.1 Å². The Morgan fingerprint density at radius 3 is 2.44 bits per heavy atom. The van der Waals surface area contributed by atoms with Crippen molar-refractivity contribution in [2.24, 2.45) is 0 Å². The second-order valence-corrected chi connectivity index (χ2v) is 7.10. The standard InChI is InChI=1S/C18H14N4O3.C5H6N2/c23-15-6-4-12-13-8-10(17(24)20-11-2-1-7-19-9-11)3-5-14(13)21-16(12)18(25)22-15;6-5-2-1-3-7-4-5/h1-3,5,7-9,21H,4,6H2,(H,20,24)(H,22,23,25);1-4H,6H2. The van der Waals surface area contributed by atoms with E-state index in [0.717, 1.165) is 16.5 Å². The van der Waals surface area contributed by atoms with E-state index in [1.54, 1.807) is 67.3 Å². The third-order valence-corrected chi connectivity index (χ3v) is 4.85. The highest BCUT2D eigenvalue weighted by molar-refractivity contribution is 6.11. The number of aromatic nitrogens is 3. The number of imide groups is 1. The predicted octanol–water partition coefficient (Wildman–Crippen LogP) is 2.68. The van der Waals surface area contributed by atoms with E-state index < -0.39 is 5.91 Å². The molecule has 9 nitrogen and oxygen atoms in total. The maximum atomic E-state index is 12.4. The molecule has 1 aliphatic rings. The van der Waals surface area contributed by atoms with Crippen molar-refractivity contribution in [2.45, 2.75) is 12.8 Å². The summed E-state index contributed by atoms with van der Waals surface area (Å²) < 4.78 is 0. The second kappa shape index (κ2) is 9.09. The first kappa shape index (κ1) is 20.7. The van der Waals surface area contributed by atoms with E-state index in [9.17, 15) is 14.4 Å². The minimum absolute atomic E-state index is 0.234. The molecule has 4 aromatic rings. The van der Waals surface area contributed by atoms with Crippen molar-refractivity contribution in [3.05, 3.63) is 84.1 Å². The van der Waals surface area contributed by atoms with Crippen molar-refractivity contribution in [3.63, 3.8) is 0 Å². The number of aromatic amines is 1. The van der Waals surface area contributed by atoms with Gasteiger partial charge in [-0.15, -0.1) is 0 Å². The summed E-state index contributed by atoms with van der Waals surface area (Å²) in [6.45, 7) is 0. The molecule has 5 N–H and O–H groups in total. The van der Waals surface area contributed by atoms with Gasteiger partial charge in [-0.1, -0.05) is 0 Å². The highest BCUT2D eigenvalue weighted by atomic mass is 16.2. The summed E-state index contributed by atoms with van der Waals surface area (Å²) in [6.07, 6.45) is 7.17. The average molecular weight is 428 g/mol. The highest BCUT2D eigenvalue weighted by Gasteiger charge is 2.24. The van der Waals surface area contributed by atoms with E-state index in [1.807, 2.05) is 0 Å². The Morgan fingerprint density at radius 2 is 1.78 bits per heavy atom. The number of fused-ring (bicyclic) bond motifs is 3. The lowest BCUT2D eigenvalue weighted by Crippen LogP contribution is -2.28. The van der Waals surface area contributed by atoms with Crippen LogP contribution in [0.15, 0.2) is 67.3 Å². The number of carbonyl (C=O) groups is 3. The lowest BCUT2D eigenvalue weighted by molar-refractivity contribution is -0.120. The average Bonchev–Trinajstić information content (AvgIpc) is 3.10. The van der Waals surface area contributed by atoms with Crippen molar-refractivity contribution >= 4 is 40.0 Å². The molecule has 0 atom stereocenters. The van der Waals surface area contributed by atoms with E-state index in [2.05, 4.69) is 25.6 Å². The normalized spacial score (nSPS) is 12.8. The van der Waals surface area contributed by atoms with E-state index in [-0.39, 0.29) is 18.2 Å². The first-order valence-electron chi connectivity index (χ1n) is 9.87. The first-order chi connectivity index (χ1) is 15.5. The molecule has 5 rings (SSSR count). The quantitative estimate of drug-likeness (QED) is 0.362. The van der Waals surface area contributed by atoms with Crippen molar-refractivity contribution in [1.82, 2.24) is 20.3 Å². The summed E-state index contributed by atoms with van der Waals surface area (Å²) in [5, 5.41) is 5.89. The summed E-state index contributed by atoms with van der Waals surface area (Å²) >= 11 is 0. The van der Waals surface area contributed by atoms with Gasteiger partial charge in [0.05, 0.1) is 17.6 Å². The highest BCUT2D eigenvalue weighted by Crippen LogP contribution is 2.27. The number of amides is 3. The van der Waals surface area contributed by atoms with Gasteiger partial charge in [-0.3, -0.25) is 29.7 Å². The number of nitrogens with one attached hydrogen (secondary N) is 3. The van der Waals surface area contributed by atoms with Crippen LogP contribution in [0.3, 0.4) is 0 Å². The van der Waals surface area contributed by atoms with Gasteiger partial charge in [-0.25, -0.2) is 0 Å². The first-order valence-corrected chi connectivity index (χ1v) is 9.87. The third kappa shape index (κ3) is 4.62. The Bertz CT molecular complexity index is 1290. The number of nitrogens with zero attached hydrogens (tertiary/aromatic N) is 2. The zero-order chi connectivity index (χ0) is 22.5. The second-order valence-electron chi connectivity index (χ2n) is 7.10. The Labute approximate surface area is 183 Å². The van der Waals surface area contributed by atoms with Crippen LogP contribution in [0.1, 0.15) is 32.8 Å². The number of nitrogens with two attached hydrogens (primary N) is 1. The van der Waals surface area contributed by atoms with E-state index in [1.165, 1.54) is 0 Å². The van der Waals surface area contributed by atoms with Gasteiger partial charge < -0.3 is 16.0 Å². The molecule has 0 fully saturated rings. The third-order valence-electron chi connectivity index (χ3n) is 4.85. The monoisotopic (exact) mass is 428 g/mol. The van der Waals surface area contributed by atoms with Gasteiger partial charge in [0.1, 0.15) is 5.69 Å². The molecule has 0 radical (unpaired) electrons. The van der Waals surface area contributed by atoms with Gasteiger partial charge in [0.15, 0.2) is 0 Å². The summed E-state index contributed by atoms with van der Waals surface area (Å²) in [5.74, 6) is -0.998. The van der Waals surface area contributed by atoms with Gasteiger partial charge in [0.25, 0.3) is 11.8 Å². The number of rotatable bonds is 2. The SMILES string of the molecule is Nc1cccnc1.O=C1CCc2c([nH]c3ccc(C(=O)Nc4cccnc4)cc23)C(=O)N1. The zero-order valence-electron chi connectivity index (χ0n) is 17.0. The molecular weight excluding hydrogens is 408 g/mol. The summed E-state index contributed by atoms with van der Waals surface area (Å²) in [6, 6.07) is 12.3. The number of aryl methyl sites for hydroxylation is 1. The van der Waals surface area contributed by atoms with E-state index in [4.69, 9.17) is 5.73 Å². The largest absolute Gasteiger partial charge is 0.397 e. The number of pyridine rings is 2. The van der Waals surface area contributed by atoms with Crippen LogP contribution in [0.4, 0.5) is 11.4 Å². The van der Waals surface area contributed by atoms with Gasteiger partial charge in [-0.05, 0) is 54.4 Å². The zero-order valence-corrected chi connectivity index (χ0v) is 17.0. The molecule has 0 aliphatic carbocycles. The Hall–Kier alpha value is -4.53. The molecule has 32 heavy (non-hydrogen) atoms. The molecule has 3 amide bonds. The molecule has 0 saturated carbocycles. The fourth-order valence-electron chi connectivity index (χ4n) is 3.35. The molecule has 0 saturated heterocycles. The maximum Gasteiger partial charge on any atom is 0.274 e. The van der Waals surface area contributed by atoms with E-state index in [0.29, 0.717) is 29.1 Å². The van der Waals surface area contributed by atoms with Crippen LogP contribution in [0.25, 0.3) is 10.9 Å². The number of nitrogen functional groups attached to an aromatic ring is 1. The molecule has 4 heterocycles. The Kier molecular flexibility index (Phi) is 5.89. The van der Waals surface area contributed by atoms with Crippen LogP contribution in [0.5, 0.6) is 0 Å². The Morgan fingerprint density at radius 1 is 1.00 bits per heavy atom. The number of hydrogen-bond acceptors (Lipinski definition) is 6. The lowest BCUT2D eigenvalue weighted by atomic mass is 10.0. The minimum Gasteiger partial charge on any atom is -0.397 e. The number of anilines is 2. The molecular formula is C23H20N6O3. The molecule has 3 aromatic heterocycles. The molecule has 160 valence electrons. The molecule has 0 bridgehead atoms. The summed E-state index contributed by atoms with van der Waals surface area (Å²) in [4.78, 5) is 46.9. The minimum atomic E-state index is -0.435. The van der Waals surface area contributed by atoms with Gasteiger partial charge in [0.2, 0.25) is 5.91 Å². The van der Waals surface area contributed by atoms with Crippen LogP contribution in [-0.4, -0.2) is 32.7 Å².